The molecule has 2 aliphatic heterocycles. The molecule has 3 heterocycles. The fraction of sp³-hybridized carbons (Fsp3) is 0.429. The number of hydrogen-bond acceptors (Lipinski definition) is 4. The van der Waals surface area contributed by atoms with E-state index in [1.165, 1.54) is 19.3 Å². The summed E-state index contributed by atoms with van der Waals surface area (Å²) in [5.41, 5.74) is 0.778. The number of benzene rings is 1. The third kappa shape index (κ3) is 2.71. The molecule has 2 aliphatic rings. The predicted molar refractivity (Wildman–Crippen MR) is 100 cm³/mol. The first-order chi connectivity index (χ1) is 12.5. The van der Waals surface area contributed by atoms with Gasteiger partial charge in [-0.2, -0.15) is 4.98 Å². The zero-order valence-electron chi connectivity index (χ0n) is 15.2. The summed E-state index contributed by atoms with van der Waals surface area (Å²) in [4.78, 5) is 19.0. The van der Waals surface area contributed by atoms with Gasteiger partial charge in [0.25, 0.3) is 0 Å². The van der Waals surface area contributed by atoms with Gasteiger partial charge in [-0.05, 0) is 51.3 Å². The van der Waals surface area contributed by atoms with E-state index < -0.39 is 11.4 Å². The van der Waals surface area contributed by atoms with Crippen LogP contribution in [0.5, 0.6) is 11.6 Å². The fourth-order valence-corrected chi connectivity index (χ4v) is 4.03. The highest BCUT2D eigenvalue weighted by Crippen LogP contribution is 2.51. The summed E-state index contributed by atoms with van der Waals surface area (Å²) >= 11 is 0. The lowest BCUT2D eigenvalue weighted by Gasteiger charge is -2.36. The number of pyridine rings is 1. The van der Waals surface area contributed by atoms with Crippen molar-refractivity contribution in [2.45, 2.75) is 39.0 Å². The number of aliphatic carboxylic acids is 1. The van der Waals surface area contributed by atoms with Crippen molar-refractivity contribution in [1.82, 2.24) is 4.98 Å². The number of carboxylic acids is 1. The standard InChI is InChI=1S/C21H24N2O3/c1-21(2,20(24)25)18-14-8-4-5-9-16(14)26-19-15(18)10-11-17(22-19)23-12-6-3-7-13-23/h4-5,8-11,18H,3,6-7,12-13H2,1-2H3,(H,24,25)/t18-/m1/s1. The smallest absolute Gasteiger partial charge is 0.310 e. The first kappa shape index (κ1) is 16.9. The fourth-order valence-electron chi connectivity index (χ4n) is 4.03. The van der Waals surface area contributed by atoms with E-state index in [9.17, 15) is 9.90 Å². The Balaban J connectivity index is 1.81. The zero-order valence-corrected chi connectivity index (χ0v) is 15.2. The Morgan fingerprint density at radius 2 is 1.85 bits per heavy atom. The summed E-state index contributed by atoms with van der Waals surface area (Å²) in [5.74, 6) is 1.01. The Morgan fingerprint density at radius 3 is 2.58 bits per heavy atom. The molecular weight excluding hydrogens is 328 g/mol. The van der Waals surface area contributed by atoms with Crippen LogP contribution in [-0.4, -0.2) is 29.1 Å². The van der Waals surface area contributed by atoms with Crippen LogP contribution in [0.2, 0.25) is 0 Å². The number of ether oxygens (including phenoxy) is 1. The third-order valence-electron chi connectivity index (χ3n) is 5.58. The van der Waals surface area contributed by atoms with Gasteiger partial charge >= 0.3 is 5.97 Å². The summed E-state index contributed by atoms with van der Waals surface area (Å²) in [7, 11) is 0. The number of para-hydroxylation sites is 1. The summed E-state index contributed by atoms with van der Waals surface area (Å²) in [6.07, 6.45) is 3.62. The molecule has 0 saturated carbocycles. The van der Waals surface area contributed by atoms with E-state index >= 15 is 0 Å². The van der Waals surface area contributed by atoms with E-state index in [1.54, 1.807) is 13.8 Å². The maximum absolute atomic E-state index is 12.0. The number of aromatic nitrogens is 1. The molecule has 5 heteroatoms. The number of fused-ring (bicyclic) bond motifs is 2. The number of carboxylic acid groups (broad SMARTS) is 1. The SMILES string of the molecule is CC(C)(C(=O)O)[C@@H]1c2ccccc2Oc2nc(N3CCCCC3)ccc21. The van der Waals surface area contributed by atoms with Crippen LogP contribution in [-0.2, 0) is 4.79 Å². The van der Waals surface area contributed by atoms with E-state index in [4.69, 9.17) is 9.72 Å². The number of anilines is 1. The van der Waals surface area contributed by atoms with Crippen molar-refractivity contribution in [2.24, 2.45) is 5.41 Å². The molecule has 0 spiro atoms. The second kappa shape index (κ2) is 6.31. The topological polar surface area (TPSA) is 62.7 Å². The van der Waals surface area contributed by atoms with Gasteiger partial charge in [-0.25, -0.2) is 0 Å². The average Bonchev–Trinajstić information content (AvgIpc) is 2.66. The Labute approximate surface area is 153 Å². The van der Waals surface area contributed by atoms with Gasteiger partial charge in [0.1, 0.15) is 11.6 Å². The number of nitrogens with zero attached hydrogens (tertiary/aromatic N) is 2. The maximum Gasteiger partial charge on any atom is 0.310 e. The predicted octanol–water partition coefficient (Wildman–Crippen LogP) is 4.42. The second-order valence-corrected chi connectivity index (χ2v) is 7.71. The lowest BCUT2D eigenvalue weighted by molar-refractivity contribution is -0.147. The van der Waals surface area contributed by atoms with Crippen molar-refractivity contribution < 1.29 is 14.6 Å². The lowest BCUT2D eigenvalue weighted by Crippen LogP contribution is -2.34. The van der Waals surface area contributed by atoms with Crippen LogP contribution in [0.25, 0.3) is 0 Å². The number of carbonyl (C=O) groups is 1. The van der Waals surface area contributed by atoms with E-state index in [-0.39, 0.29) is 5.92 Å². The zero-order chi connectivity index (χ0) is 18.3. The average molecular weight is 352 g/mol. The summed E-state index contributed by atoms with van der Waals surface area (Å²) in [6, 6.07) is 11.7. The molecule has 0 amide bonds. The summed E-state index contributed by atoms with van der Waals surface area (Å²) in [5, 5.41) is 9.83. The van der Waals surface area contributed by atoms with Gasteiger partial charge in [-0.1, -0.05) is 18.2 Å². The van der Waals surface area contributed by atoms with Gasteiger partial charge in [-0.3, -0.25) is 4.79 Å². The first-order valence-electron chi connectivity index (χ1n) is 9.24. The van der Waals surface area contributed by atoms with Crippen LogP contribution in [0, 0.1) is 5.41 Å². The minimum atomic E-state index is -0.969. The molecule has 0 radical (unpaired) electrons. The molecular formula is C21H24N2O3. The Bertz CT molecular complexity index is 841. The highest BCUT2D eigenvalue weighted by atomic mass is 16.5. The monoisotopic (exact) mass is 352 g/mol. The third-order valence-corrected chi connectivity index (χ3v) is 5.58. The molecule has 1 N–H and O–H groups in total. The molecule has 4 rings (SSSR count). The molecule has 1 atom stereocenters. The molecule has 2 aromatic rings. The number of hydrogen-bond donors (Lipinski definition) is 1. The molecule has 136 valence electrons. The number of piperidine rings is 1. The van der Waals surface area contributed by atoms with E-state index in [0.717, 1.165) is 30.0 Å². The van der Waals surface area contributed by atoms with Gasteiger partial charge in [0, 0.05) is 30.1 Å². The van der Waals surface area contributed by atoms with Crippen LogP contribution in [0.15, 0.2) is 36.4 Å². The van der Waals surface area contributed by atoms with Crippen LogP contribution in [0.4, 0.5) is 5.82 Å². The van der Waals surface area contributed by atoms with E-state index in [0.29, 0.717) is 11.6 Å². The van der Waals surface area contributed by atoms with Gasteiger partial charge < -0.3 is 14.7 Å². The van der Waals surface area contributed by atoms with Crippen LogP contribution < -0.4 is 9.64 Å². The minimum absolute atomic E-state index is 0.303. The number of rotatable bonds is 3. The van der Waals surface area contributed by atoms with Crippen molar-refractivity contribution in [3.8, 4) is 11.6 Å². The molecule has 1 saturated heterocycles. The van der Waals surface area contributed by atoms with Crippen LogP contribution >= 0.6 is 0 Å². The van der Waals surface area contributed by atoms with Crippen LogP contribution in [0.1, 0.15) is 50.2 Å². The highest BCUT2D eigenvalue weighted by Gasteiger charge is 2.44. The van der Waals surface area contributed by atoms with Crippen molar-refractivity contribution in [2.75, 3.05) is 18.0 Å². The lowest BCUT2D eigenvalue weighted by atomic mass is 9.70. The molecule has 1 aromatic heterocycles. The molecule has 0 unspecified atom stereocenters. The largest absolute Gasteiger partial charge is 0.481 e. The van der Waals surface area contributed by atoms with Crippen molar-refractivity contribution in [1.29, 1.82) is 0 Å². The van der Waals surface area contributed by atoms with Crippen molar-refractivity contribution in [3.05, 3.63) is 47.5 Å². The van der Waals surface area contributed by atoms with Crippen molar-refractivity contribution in [3.63, 3.8) is 0 Å². The molecule has 0 bridgehead atoms. The Kier molecular flexibility index (Phi) is 4.10. The van der Waals surface area contributed by atoms with E-state index in [2.05, 4.69) is 4.90 Å². The van der Waals surface area contributed by atoms with Gasteiger partial charge in [-0.15, -0.1) is 0 Å². The van der Waals surface area contributed by atoms with Crippen LogP contribution in [0.3, 0.4) is 0 Å². The van der Waals surface area contributed by atoms with E-state index in [1.807, 2.05) is 36.4 Å². The first-order valence-corrected chi connectivity index (χ1v) is 9.24. The molecule has 5 nitrogen and oxygen atoms in total. The molecule has 0 aliphatic carbocycles. The maximum atomic E-state index is 12.0. The highest BCUT2D eigenvalue weighted by molar-refractivity contribution is 5.77. The second-order valence-electron chi connectivity index (χ2n) is 7.71. The normalized spacial score (nSPS) is 19.3. The van der Waals surface area contributed by atoms with Gasteiger partial charge in [0.05, 0.1) is 5.41 Å². The summed E-state index contributed by atoms with van der Waals surface area (Å²) in [6.45, 7) is 5.55. The van der Waals surface area contributed by atoms with Crippen molar-refractivity contribution >= 4 is 11.8 Å². The Morgan fingerprint density at radius 1 is 1.12 bits per heavy atom. The Hall–Kier alpha value is -2.56. The molecule has 1 fully saturated rings. The van der Waals surface area contributed by atoms with Gasteiger partial charge in [0.15, 0.2) is 0 Å². The minimum Gasteiger partial charge on any atom is -0.481 e. The quantitative estimate of drug-likeness (QED) is 0.886. The molecule has 1 aromatic carbocycles. The molecule has 26 heavy (non-hydrogen) atoms. The summed E-state index contributed by atoms with van der Waals surface area (Å²) < 4.78 is 6.08. The van der Waals surface area contributed by atoms with Gasteiger partial charge in [0.2, 0.25) is 5.88 Å².